The molecule has 126 valence electrons. The van der Waals surface area contributed by atoms with E-state index in [1.165, 1.54) is 35.2 Å². The maximum absolute atomic E-state index is 14.2. The standard InChI is InChI=1S/C18H12F3N3O/c19-11-4-1-2-7-14(11)24-9-22-17-10(8-15(25)23-18(17)24)16-12(20)5-3-6-13(16)21/h1-7,9-10H,8H2,(H,23,25)/t10-/m0/s1. The molecule has 0 spiro atoms. The first-order chi connectivity index (χ1) is 12.1. The molecule has 1 atom stereocenters. The number of imidazole rings is 1. The van der Waals surface area contributed by atoms with E-state index in [1.54, 1.807) is 6.07 Å². The molecule has 1 aliphatic rings. The van der Waals surface area contributed by atoms with Crippen LogP contribution in [0.3, 0.4) is 0 Å². The van der Waals surface area contributed by atoms with Crippen LogP contribution in [0.2, 0.25) is 0 Å². The maximum Gasteiger partial charge on any atom is 0.226 e. The minimum absolute atomic E-state index is 0.140. The van der Waals surface area contributed by atoms with Crippen LogP contribution >= 0.6 is 0 Å². The number of halogens is 3. The molecule has 7 heteroatoms. The lowest BCUT2D eigenvalue weighted by Gasteiger charge is -2.24. The molecule has 25 heavy (non-hydrogen) atoms. The quantitative estimate of drug-likeness (QED) is 0.770. The summed E-state index contributed by atoms with van der Waals surface area (Å²) in [5.41, 5.74) is 0.274. The molecule has 4 nitrogen and oxygen atoms in total. The van der Waals surface area contributed by atoms with E-state index in [4.69, 9.17) is 0 Å². The summed E-state index contributed by atoms with van der Waals surface area (Å²) in [6.45, 7) is 0. The fourth-order valence-corrected chi connectivity index (χ4v) is 3.12. The first-order valence-electron chi connectivity index (χ1n) is 7.62. The average Bonchev–Trinajstić information content (AvgIpc) is 2.98. The van der Waals surface area contributed by atoms with Gasteiger partial charge in [-0.15, -0.1) is 0 Å². The first-order valence-corrected chi connectivity index (χ1v) is 7.62. The second kappa shape index (κ2) is 5.77. The maximum atomic E-state index is 14.2. The van der Waals surface area contributed by atoms with Gasteiger partial charge in [0.2, 0.25) is 5.91 Å². The molecule has 1 N–H and O–H groups in total. The molecule has 2 aromatic carbocycles. The van der Waals surface area contributed by atoms with Crippen LogP contribution in [0.15, 0.2) is 48.8 Å². The minimum atomic E-state index is -0.877. The molecule has 0 fully saturated rings. The molecule has 0 radical (unpaired) electrons. The molecule has 0 bridgehead atoms. The number of para-hydroxylation sites is 1. The predicted octanol–water partition coefficient (Wildman–Crippen LogP) is 3.76. The summed E-state index contributed by atoms with van der Waals surface area (Å²) < 4.78 is 43.8. The topological polar surface area (TPSA) is 46.9 Å². The second-order valence-corrected chi connectivity index (χ2v) is 5.74. The van der Waals surface area contributed by atoms with Gasteiger partial charge >= 0.3 is 0 Å². The highest BCUT2D eigenvalue weighted by molar-refractivity contribution is 5.94. The fraction of sp³-hybridized carbons (Fsp3) is 0.111. The highest BCUT2D eigenvalue weighted by Gasteiger charge is 2.34. The van der Waals surface area contributed by atoms with Crippen LogP contribution in [0.5, 0.6) is 0 Å². The molecule has 1 aromatic heterocycles. The number of aromatic nitrogens is 2. The van der Waals surface area contributed by atoms with Crippen molar-refractivity contribution in [1.82, 2.24) is 9.55 Å². The van der Waals surface area contributed by atoms with E-state index in [0.29, 0.717) is 5.69 Å². The van der Waals surface area contributed by atoms with E-state index in [2.05, 4.69) is 10.3 Å². The summed E-state index contributed by atoms with van der Waals surface area (Å²) in [5.74, 6) is -3.07. The largest absolute Gasteiger partial charge is 0.310 e. The van der Waals surface area contributed by atoms with Crippen LogP contribution in [0.25, 0.3) is 5.69 Å². The van der Waals surface area contributed by atoms with Crippen LogP contribution in [0.4, 0.5) is 19.0 Å². The van der Waals surface area contributed by atoms with Crippen LogP contribution in [-0.4, -0.2) is 15.5 Å². The number of nitrogens with zero attached hydrogens (tertiary/aromatic N) is 2. The number of hydrogen-bond donors (Lipinski definition) is 1. The molecule has 0 unspecified atom stereocenters. The zero-order chi connectivity index (χ0) is 17.6. The van der Waals surface area contributed by atoms with Crippen LogP contribution in [-0.2, 0) is 4.79 Å². The smallest absolute Gasteiger partial charge is 0.226 e. The molecular weight excluding hydrogens is 331 g/mol. The lowest BCUT2D eigenvalue weighted by atomic mass is 9.89. The summed E-state index contributed by atoms with van der Waals surface area (Å²) in [6, 6.07) is 9.52. The van der Waals surface area contributed by atoms with Crippen molar-refractivity contribution in [3.63, 3.8) is 0 Å². The number of fused-ring (bicyclic) bond motifs is 1. The molecule has 1 amide bonds. The summed E-state index contributed by atoms with van der Waals surface area (Å²) in [4.78, 5) is 16.3. The van der Waals surface area contributed by atoms with Gasteiger partial charge in [0.25, 0.3) is 0 Å². The third-order valence-corrected chi connectivity index (χ3v) is 4.23. The molecule has 2 heterocycles. The lowest BCUT2D eigenvalue weighted by Crippen LogP contribution is -2.26. The Kier molecular flexibility index (Phi) is 3.56. The second-order valence-electron chi connectivity index (χ2n) is 5.74. The molecular formula is C18H12F3N3O. The fourth-order valence-electron chi connectivity index (χ4n) is 3.12. The number of carbonyl (C=O) groups excluding carboxylic acids is 1. The van der Waals surface area contributed by atoms with Crippen molar-refractivity contribution in [3.05, 3.63) is 77.5 Å². The molecule has 1 aliphatic heterocycles. The summed E-state index contributed by atoms with van der Waals surface area (Å²) in [7, 11) is 0. The van der Waals surface area contributed by atoms with Gasteiger partial charge in [-0.3, -0.25) is 9.36 Å². The Balaban J connectivity index is 1.89. The van der Waals surface area contributed by atoms with Crippen LogP contribution < -0.4 is 5.32 Å². The van der Waals surface area contributed by atoms with Gasteiger partial charge in [-0.25, -0.2) is 18.2 Å². The van der Waals surface area contributed by atoms with Gasteiger partial charge in [-0.2, -0.15) is 0 Å². The van der Waals surface area contributed by atoms with Gasteiger partial charge in [-0.1, -0.05) is 18.2 Å². The van der Waals surface area contributed by atoms with Crippen molar-refractivity contribution < 1.29 is 18.0 Å². The van der Waals surface area contributed by atoms with Gasteiger partial charge < -0.3 is 5.32 Å². The van der Waals surface area contributed by atoms with Gasteiger partial charge in [0.05, 0.1) is 11.4 Å². The summed E-state index contributed by atoms with van der Waals surface area (Å²) in [6.07, 6.45) is 1.19. The van der Waals surface area contributed by atoms with E-state index in [-0.39, 0.29) is 23.5 Å². The number of amides is 1. The van der Waals surface area contributed by atoms with Crippen LogP contribution in [0, 0.1) is 17.5 Å². The third kappa shape index (κ3) is 2.48. The SMILES string of the molecule is O=C1C[C@@H](c2c(F)cccc2F)c2ncn(-c3ccccc3F)c2N1. The Labute approximate surface area is 140 Å². The zero-order valence-electron chi connectivity index (χ0n) is 12.8. The van der Waals surface area contributed by atoms with E-state index < -0.39 is 29.3 Å². The van der Waals surface area contributed by atoms with Gasteiger partial charge in [0.1, 0.15) is 29.6 Å². The number of carbonyl (C=O) groups is 1. The van der Waals surface area contributed by atoms with Gasteiger partial charge in [0.15, 0.2) is 0 Å². The number of benzene rings is 2. The molecule has 0 saturated carbocycles. The Hall–Kier alpha value is -3.09. The van der Waals surface area contributed by atoms with Crippen molar-refractivity contribution in [1.29, 1.82) is 0 Å². The van der Waals surface area contributed by atoms with Crippen molar-refractivity contribution in [3.8, 4) is 5.69 Å². The molecule has 4 rings (SSSR count). The predicted molar refractivity (Wildman–Crippen MR) is 85.0 cm³/mol. The molecule has 0 saturated heterocycles. The zero-order valence-corrected chi connectivity index (χ0v) is 12.8. The third-order valence-electron chi connectivity index (χ3n) is 4.23. The number of nitrogens with one attached hydrogen (secondary N) is 1. The van der Waals surface area contributed by atoms with Gasteiger partial charge in [0, 0.05) is 17.9 Å². The lowest BCUT2D eigenvalue weighted by molar-refractivity contribution is -0.116. The molecule has 3 aromatic rings. The molecule has 0 aliphatic carbocycles. The summed E-state index contributed by atoms with van der Waals surface area (Å²) >= 11 is 0. The van der Waals surface area contributed by atoms with Crippen molar-refractivity contribution in [2.24, 2.45) is 0 Å². The van der Waals surface area contributed by atoms with E-state index in [1.807, 2.05) is 0 Å². The van der Waals surface area contributed by atoms with Crippen molar-refractivity contribution in [2.45, 2.75) is 12.3 Å². The Morgan fingerprint density at radius 3 is 2.40 bits per heavy atom. The van der Waals surface area contributed by atoms with Gasteiger partial charge in [-0.05, 0) is 24.3 Å². The number of hydrogen-bond acceptors (Lipinski definition) is 2. The minimum Gasteiger partial charge on any atom is -0.310 e. The Morgan fingerprint density at radius 1 is 1.00 bits per heavy atom. The number of anilines is 1. The van der Waals surface area contributed by atoms with Crippen molar-refractivity contribution >= 4 is 11.7 Å². The van der Waals surface area contributed by atoms with E-state index in [0.717, 1.165) is 12.1 Å². The average molecular weight is 343 g/mol. The Morgan fingerprint density at radius 2 is 1.68 bits per heavy atom. The highest BCUT2D eigenvalue weighted by atomic mass is 19.1. The normalized spacial score (nSPS) is 16.4. The van der Waals surface area contributed by atoms with Crippen molar-refractivity contribution in [2.75, 3.05) is 5.32 Å². The van der Waals surface area contributed by atoms with E-state index >= 15 is 0 Å². The van der Waals surface area contributed by atoms with Crippen LogP contribution in [0.1, 0.15) is 23.6 Å². The van der Waals surface area contributed by atoms with E-state index in [9.17, 15) is 18.0 Å². The Bertz CT molecular complexity index is 963. The first kappa shape index (κ1) is 15.4. The highest BCUT2D eigenvalue weighted by Crippen LogP contribution is 2.39. The number of rotatable bonds is 2. The monoisotopic (exact) mass is 343 g/mol. The summed E-state index contributed by atoms with van der Waals surface area (Å²) in [5, 5.41) is 2.62.